The number of aromatic nitrogens is 2. The third-order valence-electron chi connectivity index (χ3n) is 2.89. The number of esters is 1. The predicted octanol–water partition coefficient (Wildman–Crippen LogP) is 2.53. The molecule has 0 aliphatic heterocycles. The van der Waals surface area contributed by atoms with Gasteiger partial charge in [0, 0.05) is 13.1 Å². The van der Waals surface area contributed by atoms with Crippen molar-refractivity contribution in [2.75, 3.05) is 0 Å². The van der Waals surface area contributed by atoms with Crippen molar-refractivity contribution in [2.45, 2.75) is 44.8 Å². The van der Waals surface area contributed by atoms with E-state index in [1.807, 2.05) is 17.1 Å². The van der Waals surface area contributed by atoms with Crippen molar-refractivity contribution < 1.29 is 9.53 Å². The molecule has 16 heavy (non-hydrogen) atoms. The van der Waals surface area contributed by atoms with Gasteiger partial charge in [-0.1, -0.05) is 6.42 Å². The van der Waals surface area contributed by atoms with Crippen LogP contribution < -0.4 is 0 Å². The van der Waals surface area contributed by atoms with Crippen molar-refractivity contribution >= 4 is 28.6 Å². The zero-order valence-corrected chi connectivity index (χ0v) is 11.4. The SMILES string of the molecule is CC(=O)O[C@@H]1CCCC[C@H]1n1cc(I)cn1. The molecule has 0 saturated heterocycles. The van der Waals surface area contributed by atoms with Crippen molar-refractivity contribution in [2.24, 2.45) is 0 Å². The summed E-state index contributed by atoms with van der Waals surface area (Å²) in [6, 6.07) is 0.209. The summed E-state index contributed by atoms with van der Waals surface area (Å²) in [6.07, 6.45) is 8.12. The number of ether oxygens (including phenoxy) is 1. The first kappa shape index (κ1) is 11.9. The molecule has 2 rings (SSSR count). The minimum Gasteiger partial charge on any atom is -0.460 e. The van der Waals surface area contributed by atoms with E-state index < -0.39 is 0 Å². The van der Waals surface area contributed by atoms with E-state index in [0.717, 1.165) is 22.8 Å². The molecule has 0 aromatic carbocycles. The lowest BCUT2D eigenvalue weighted by atomic mass is 9.92. The summed E-state index contributed by atoms with van der Waals surface area (Å²) in [5, 5.41) is 4.31. The largest absolute Gasteiger partial charge is 0.460 e. The molecule has 0 amide bonds. The van der Waals surface area contributed by atoms with Crippen LogP contribution in [-0.4, -0.2) is 21.9 Å². The molecule has 1 aromatic rings. The number of carbonyl (C=O) groups excluding carboxylic acids is 1. The average Bonchev–Trinajstić information content (AvgIpc) is 2.65. The first-order valence-electron chi connectivity index (χ1n) is 5.53. The molecule has 0 unspecified atom stereocenters. The highest BCUT2D eigenvalue weighted by Gasteiger charge is 2.29. The molecule has 1 aromatic heterocycles. The molecule has 0 bridgehead atoms. The van der Waals surface area contributed by atoms with Gasteiger partial charge in [0.1, 0.15) is 6.10 Å². The number of hydrogen-bond donors (Lipinski definition) is 0. The Morgan fingerprint density at radius 3 is 2.94 bits per heavy atom. The van der Waals surface area contributed by atoms with Crippen LogP contribution in [0.5, 0.6) is 0 Å². The highest BCUT2D eigenvalue weighted by atomic mass is 127. The fourth-order valence-electron chi connectivity index (χ4n) is 2.23. The maximum Gasteiger partial charge on any atom is 0.302 e. The Labute approximate surface area is 108 Å². The molecular formula is C11H15IN2O2. The summed E-state index contributed by atoms with van der Waals surface area (Å²) in [5.41, 5.74) is 0. The van der Waals surface area contributed by atoms with E-state index in [-0.39, 0.29) is 18.1 Å². The molecule has 0 spiro atoms. The monoisotopic (exact) mass is 334 g/mol. The summed E-state index contributed by atoms with van der Waals surface area (Å²) in [4.78, 5) is 11.0. The van der Waals surface area contributed by atoms with Gasteiger partial charge in [-0.05, 0) is 41.9 Å². The Morgan fingerprint density at radius 2 is 2.31 bits per heavy atom. The fraction of sp³-hybridized carbons (Fsp3) is 0.636. The lowest BCUT2D eigenvalue weighted by Crippen LogP contribution is -2.31. The molecule has 2 atom stereocenters. The molecular weight excluding hydrogens is 319 g/mol. The smallest absolute Gasteiger partial charge is 0.302 e. The molecule has 5 heteroatoms. The molecule has 0 radical (unpaired) electrons. The van der Waals surface area contributed by atoms with E-state index in [1.54, 1.807) is 0 Å². The Bertz CT molecular complexity index is 378. The van der Waals surface area contributed by atoms with Gasteiger partial charge < -0.3 is 4.74 Å². The van der Waals surface area contributed by atoms with E-state index in [4.69, 9.17) is 4.74 Å². The number of nitrogens with zero attached hydrogens (tertiary/aromatic N) is 2. The highest BCUT2D eigenvalue weighted by Crippen LogP contribution is 2.30. The van der Waals surface area contributed by atoms with Crippen LogP contribution in [-0.2, 0) is 9.53 Å². The fourth-order valence-corrected chi connectivity index (χ4v) is 2.64. The van der Waals surface area contributed by atoms with Gasteiger partial charge >= 0.3 is 5.97 Å². The van der Waals surface area contributed by atoms with Gasteiger partial charge in [-0.3, -0.25) is 9.48 Å². The quantitative estimate of drug-likeness (QED) is 0.617. The van der Waals surface area contributed by atoms with Crippen molar-refractivity contribution in [3.63, 3.8) is 0 Å². The predicted molar refractivity (Wildman–Crippen MR) is 68.0 cm³/mol. The molecule has 4 nitrogen and oxygen atoms in total. The molecule has 1 aliphatic rings. The standard InChI is InChI=1S/C11H15IN2O2/c1-8(15)16-11-5-3-2-4-10(11)14-7-9(12)6-13-14/h6-7,10-11H,2-5H2,1H3/t10-,11-/m1/s1. The van der Waals surface area contributed by atoms with E-state index >= 15 is 0 Å². The lowest BCUT2D eigenvalue weighted by molar-refractivity contribution is -0.150. The minimum atomic E-state index is -0.196. The van der Waals surface area contributed by atoms with Gasteiger partial charge in [0.05, 0.1) is 15.8 Å². The first-order chi connectivity index (χ1) is 7.66. The lowest BCUT2D eigenvalue weighted by Gasteiger charge is -2.30. The van der Waals surface area contributed by atoms with Crippen LogP contribution in [0.15, 0.2) is 12.4 Å². The van der Waals surface area contributed by atoms with Crippen LogP contribution >= 0.6 is 22.6 Å². The second-order valence-corrected chi connectivity index (χ2v) is 5.38. The van der Waals surface area contributed by atoms with Crippen LogP contribution in [0.2, 0.25) is 0 Å². The molecule has 1 saturated carbocycles. The summed E-state index contributed by atoms with van der Waals surface area (Å²) in [7, 11) is 0. The Balaban J connectivity index is 2.12. The van der Waals surface area contributed by atoms with Crippen LogP contribution in [0.25, 0.3) is 0 Å². The Hall–Kier alpha value is -0.590. The Morgan fingerprint density at radius 1 is 1.56 bits per heavy atom. The van der Waals surface area contributed by atoms with Crippen LogP contribution in [0.3, 0.4) is 0 Å². The zero-order valence-electron chi connectivity index (χ0n) is 9.23. The van der Waals surface area contributed by atoms with Crippen molar-refractivity contribution in [1.29, 1.82) is 0 Å². The average molecular weight is 334 g/mol. The third-order valence-corrected chi connectivity index (χ3v) is 3.45. The molecule has 88 valence electrons. The minimum absolute atomic E-state index is 0.0121. The van der Waals surface area contributed by atoms with Gasteiger partial charge in [-0.2, -0.15) is 5.10 Å². The molecule has 1 fully saturated rings. The van der Waals surface area contributed by atoms with E-state index in [1.165, 1.54) is 13.3 Å². The van der Waals surface area contributed by atoms with E-state index in [2.05, 4.69) is 27.7 Å². The summed E-state index contributed by atoms with van der Waals surface area (Å²) < 4.78 is 8.42. The first-order valence-corrected chi connectivity index (χ1v) is 6.61. The highest BCUT2D eigenvalue weighted by molar-refractivity contribution is 14.1. The number of carbonyl (C=O) groups is 1. The third kappa shape index (κ3) is 2.75. The van der Waals surface area contributed by atoms with Crippen LogP contribution in [0.1, 0.15) is 38.6 Å². The zero-order chi connectivity index (χ0) is 11.5. The molecule has 0 N–H and O–H groups in total. The summed E-state index contributed by atoms with van der Waals surface area (Å²) >= 11 is 2.24. The second-order valence-electron chi connectivity index (χ2n) is 4.14. The van der Waals surface area contributed by atoms with Crippen LogP contribution in [0.4, 0.5) is 0 Å². The maximum absolute atomic E-state index is 11.0. The van der Waals surface area contributed by atoms with Crippen molar-refractivity contribution in [3.05, 3.63) is 16.0 Å². The van der Waals surface area contributed by atoms with E-state index in [0.29, 0.717) is 0 Å². The number of rotatable bonds is 2. The van der Waals surface area contributed by atoms with Gasteiger partial charge in [0.15, 0.2) is 0 Å². The topological polar surface area (TPSA) is 44.1 Å². The van der Waals surface area contributed by atoms with E-state index in [9.17, 15) is 4.79 Å². The molecule has 1 heterocycles. The van der Waals surface area contributed by atoms with Crippen molar-refractivity contribution in [1.82, 2.24) is 9.78 Å². The van der Waals surface area contributed by atoms with Gasteiger partial charge in [-0.25, -0.2) is 0 Å². The van der Waals surface area contributed by atoms with Gasteiger partial charge in [0.2, 0.25) is 0 Å². The normalized spacial score (nSPS) is 25.4. The summed E-state index contributed by atoms with van der Waals surface area (Å²) in [5.74, 6) is -0.196. The molecule has 1 aliphatic carbocycles. The summed E-state index contributed by atoms with van der Waals surface area (Å²) in [6.45, 7) is 1.47. The maximum atomic E-state index is 11.0. The second kappa shape index (κ2) is 5.16. The number of halogens is 1. The Kier molecular flexibility index (Phi) is 3.83. The van der Waals surface area contributed by atoms with Crippen LogP contribution in [0, 0.1) is 3.57 Å². The van der Waals surface area contributed by atoms with Gasteiger partial charge in [0.25, 0.3) is 0 Å². The van der Waals surface area contributed by atoms with Crippen molar-refractivity contribution in [3.8, 4) is 0 Å². The number of hydrogen-bond acceptors (Lipinski definition) is 3. The van der Waals surface area contributed by atoms with Gasteiger partial charge in [-0.15, -0.1) is 0 Å².